The molecule has 2 amide bonds. The highest BCUT2D eigenvalue weighted by Gasteiger charge is 2.34. The van der Waals surface area contributed by atoms with Crippen molar-refractivity contribution < 1.29 is 23.5 Å². The molecule has 2 aromatic rings. The van der Waals surface area contributed by atoms with Crippen LogP contribution in [0, 0.1) is 5.92 Å². The van der Waals surface area contributed by atoms with Crippen LogP contribution in [-0.4, -0.2) is 44.0 Å². The second kappa shape index (κ2) is 8.62. The SMILES string of the molecule is COc1ccc(CCNC(=O)C2CC(=O)N(Cc3ccco3)C2)cc1OC. The van der Waals surface area contributed by atoms with Crippen LogP contribution in [0.2, 0.25) is 0 Å². The monoisotopic (exact) mass is 372 g/mol. The predicted octanol–water partition coefficient (Wildman–Crippen LogP) is 2.00. The third-order valence-electron chi connectivity index (χ3n) is 4.67. The van der Waals surface area contributed by atoms with E-state index >= 15 is 0 Å². The fourth-order valence-electron chi connectivity index (χ4n) is 3.20. The molecule has 144 valence electrons. The molecule has 7 nitrogen and oxygen atoms in total. The van der Waals surface area contributed by atoms with Gasteiger partial charge < -0.3 is 24.1 Å². The number of methoxy groups -OCH3 is 2. The molecule has 1 aromatic carbocycles. The number of nitrogens with zero attached hydrogens (tertiary/aromatic N) is 1. The summed E-state index contributed by atoms with van der Waals surface area (Å²) in [5.41, 5.74) is 1.04. The van der Waals surface area contributed by atoms with Crippen molar-refractivity contribution in [3.8, 4) is 11.5 Å². The summed E-state index contributed by atoms with van der Waals surface area (Å²) in [5, 5.41) is 2.93. The van der Waals surface area contributed by atoms with Gasteiger partial charge in [0.05, 0.1) is 32.9 Å². The standard InChI is InChI=1S/C20H24N2O5/c1-25-17-6-5-14(10-18(17)26-2)7-8-21-20(24)15-11-19(23)22(12-15)13-16-4-3-9-27-16/h3-6,9-10,15H,7-8,11-13H2,1-2H3,(H,21,24). The summed E-state index contributed by atoms with van der Waals surface area (Å²) in [6, 6.07) is 9.29. The van der Waals surface area contributed by atoms with E-state index in [-0.39, 0.29) is 24.2 Å². The normalized spacial score (nSPS) is 16.4. The molecule has 2 heterocycles. The number of ether oxygens (including phenoxy) is 2. The number of hydrogen-bond donors (Lipinski definition) is 1. The Labute approximate surface area is 158 Å². The van der Waals surface area contributed by atoms with E-state index in [1.807, 2.05) is 24.3 Å². The number of carbonyl (C=O) groups excluding carboxylic acids is 2. The highest BCUT2D eigenvalue weighted by molar-refractivity contribution is 5.89. The Balaban J connectivity index is 1.47. The van der Waals surface area contributed by atoms with E-state index in [0.29, 0.717) is 37.6 Å². The van der Waals surface area contributed by atoms with E-state index in [1.165, 1.54) is 0 Å². The molecule has 1 unspecified atom stereocenters. The zero-order valence-corrected chi connectivity index (χ0v) is 15.6. The summed E-state index contributed by atoms with van der Waals surface area (Å²) in [7, 11) is 3.19. The number of nitrogens with one attached hydrogen (secondary N) is 1. The van der Waals surface area contributed by atoms with Gasteiger partial charge in [0.15, 0.2) is 11.5 Å². The zero-order chi connectivity index (χ0) is 19.2. The van der Waals surface area contributed by atoms with Crippen molar-refractivity contribution >= 4 is 11.8 Å². The molecule has 1 atom stereocenters. The number of amides is 2. The maximum atomic E-state index is 12.4. The van der Waals surface area contributed by atoms with Crippen molar-refractivity contribution in [3.63, 3.8) is 0 Å². The Morgan fingerprint density at radius 1 is 1.26 bits per heavy atom. The third kappa shape index (κ3) is 4.61. The molecule has 0 radical (unpaired) electrons. The van der Waals surface area contributed by atoms with Gasteiger partial charge in [0.1, 0.15) is 5.76 Å². The first kappa shape index (κ1) is 18.8. The van der Waals surface area contributed by atoms with E-state index in [9.17, 15) is 9.59 Å². The van der Waals surface area contributed by atoms with Gasteiger partial charge in [0.2, 0.25) is 11.8 Å². The average Bonchev–Trinajstić information content (AvgIpc) is 3.32. The molecule has 3 rings (SSSR count). The maximum absolute atomic E-state index is 12.4. The number of likely N-dealkylation sites (tertiary alicyclic amines) is 1. The van der Waals surface area contributed by atoms with Crippen molar-refractivity contribution in [2.75, 3.05) is 27.3 Å². The molecule has 1 aromatic heterocycles. The number of hydrogen-bond acceptors (Lipinski definition) is 5. The summed E-state index contributed by atoms with van der Waals surface area (Å²) in [4.78, 5) is 26.2. The summed E-state index contributed by atoms with van der Waals surface area (Å²) in [6.07, 6.45) is 2.49. The van der Waals surface area contributed by atoms with Crippen LogP contribution in [0.25, 0.3) is 0 Å². The van der Waals surface area contributed by atoms with Gasteiger partial charge in [-0.25, -0.2) is 0 Å². The average molecular weight is 372 g/mol. The van der Waals surface area contributed by atoms with Crippen LogP contribution in [-0.2, 0) is 22.6 Å². The lowest BCUT2D eigenvalue weighted by Crippen LogP contribution is -2.34. The highest BCUT2D eigenvalue weighted by Crippen LogP contribution is 2.27. The van der Waals surface area contributed by atoms with Gasteiger partial charge in [-0.3, -0.25) is 9.59 Å². The molecule has 1 aliphatic heterocycles. The van der Waals surface area contributed by atoms with Crippen LogP contribution in [0.3, 0.4) is 0 Å². The molecule has 0 aliphatic carbocycles. The molecular weight excluding hydrogens is 348 g/mol. The first-order valence-corrected chi connectivity index (χ1v) is 8.89. The lowest BCUT2D eigenvalue weighted by molar-refractivity contribution is -0.129. The largest absolute Gasteiger partial charge is 0.493 e. The smallest absolute Gasteiger partial charge is 0.225 e. The molecule has 1 N–H and O–H groups in total. The van der Waals surface area contributed by atoms with E-state index in [0.717, 1.165) is 11.3 Å². The molecule has 0 bridgehead atoms. The summed E-state index contributed by atoms with van der Waals surface area (Å²) < 4.78 is 15.8. The summed E-state index contributed by atoms with van der Waals surface area (Å²) in [5.74, 6) is 1.62. The van der Waals surface area contributed by atoms with Crippen LogP contribution in [0.15, 0.2) is 41.0 Å². The van der Waals surface area contributed by atoms with Gasteiger partial charge in [0, 0.05) is 19.5 Å². The van der Waals surface area contributed by atoms with Crippen molar-refractivity contribution in [2.24, 2.45) is 5.92 Å². The van der Waals surface area contributed by atoms with Crippen molar-refractivity contribution in [1.29, 1.82) is 0 Å². The van der Waals surface area contributed by atoms with Gasteiger partial charge in [-0.05, 0) is 36.2 Å². The lowest BCUT2D eigenvalue weighted by atomic mass is 10.1. The van der Waals surface area contributed by atoms with Gasteiger partial charge in [-0.2, -0.15) is 0 Å². The van der Waals surface area contributed by atoms with E-state index in [2.05, 4.69) is 5.32 Å². The molecule has 0 spiro atoms. The first-order chi connectivity index (χ1) is 13.1. The van der Waals surface area contributed by atoms with E-state index < -0.39 is 0 Å². The second-order valence-electron chi connectivity index (χ2n) is 6.49. The van der Waals surface area contributed by atoms with Crippen LogP contribution in [0.1, 0.15) is 17.7 Å². The zero-order valence-electron chi connectivity index (χ0n) is 15.6. The molecule has 1 aliphatic rings. The van der Waals surface area contributed by atoms with E-state index in [4.69, 9.17) is 13.9 Å². The van der Waals surface area contributed by atoms with Crippen LogP contribution in [0.5, 0.6) is 11.5 Å². The molecule has 0 saturated carbocycles. The Bertz CT molecular complexity index is 788. The van der Waals surface area contributed by atoms with Crippen molar-refractivity contribution in [2.45, 2.75) is 19.4 Å². The highest BCUT2D eigenvalue weighted by atomic mass is 16.5. The predicted molar refractivity (Wildman–Crippen MR) is 98.5 cm³/mol. The van der Waals surface area contributed by atoms with Gasteiger partial charge >= 0.3 is 0 Å². The number of benzene rings is 1. The quantitative estimate of drug-likeness (QED) is 0.767. The molecular formula is C20H24N2O5. The minimum atomic E-state index is -0.321. The van der Waals surface area contributed by atoms with Gasteiger partial charge in [-0.15, -0.1) is 0 Å². The summed E-state index contributed by atoms with van der Waals surface area (Å²) >= 11 is 0. The van der Waals surface area contributed by atoms with Gasteiger partial charge in [-0.1, -0.05) is 6.07 Å². The Kier molecular flexibility index (Phi) is 6.01. The van der Waals surface area contributed by atoms with Crippen LogP contribution >= 0.6 is 0 Å². The Morgan fingerprint density at radius 3 is 2.78 bits per heavy atom. The van der Waals surface area contributed by atoms with Crippen LogP contribution < -0.4 is 14.8 Å². The minimum Gasteiger partial charge on any atom is -0.493 e. The second-order valence-corrected chi connectivity index (χ2v) is 6.49. The van der Waals surface area contributed by atoms with Crippen molar-refractivity contribution in [3.05, 3.63) is 47.9 Å². The Hall–Kier alpha value is -2.96. The summed E-state index contributed by atoms with van der Waals surface area (Å²) in [6.45, 7) is 1.32. The molecule has 1 fully saturated rings. The van der Waals surface area contributed by atoms with Crippen molar-refractivity contribution in [1.82, 2.24) is 10.2 Å². The number of carbonyl (C=O) groups is 2. The number of rotatable bonds is 8. The fraction of sp³-hybridized carbons (Fsp3) is 0.400. The van der Waals surface area contributed by atoms with Crippen LogP contribution in [0.4, 0.5) is 0 Å². The van der Waals surface area contributed by atoms with E-state index in [1.54, 1.807) is 31.4 Å². The maximum Gasteiger partial charge on any atom is 0.225 e. The molecule has 7 heteroatoms. The fourth-order valence-corrected chi connectivity index (χ4v) is 3.20. The minimum absolute atomic E-state index is 0.0218. The number of furan rings is 1. The lowest BCUT2D eigenvalue weighted by Gasteiger charge is -2.15. The Morgan fingerprint density at radius 2 is 2.07 bits per heavy atom. The van der Waals surface area contributed by atoms with Gasteiger partial charge in [0.25, 0.3) is 0 Å². The molecule has 27 heavy (non-hydrogen) atoms. The topological polar surface area (TPSA) is 81.0 Å². The first-order valence-electron chi connectivity index (χ1n) is 8.89. The molecule has 1 saturated heterocycles. The third-order valence-corrected chi connectivity index (χ3v) is 4.67.